The largest absolute Gasteiger partial charge is 0.414 e. The van der Waals surface area contributed by atoms with Crippen LogP contribution in [-0.4, -0.2) is 54.1 Å². The van der Waals surface area contributed by atoms with E-state index in [1.807, 2.05) is 0 Å². The molecule has 190 valence electrons. The molecule has 0 aromatic rings. The molecule has 4 nitrogen and oxygen atoms in total. The molecule has 0 N–H and O–H groups in total. The van der Waals surface area contributed by atoms with Gasteiger partial charge in [-0.1, -0.05) is 82.3 Å². The van der Waals surface area contributed by atoms with Gasteiger partial charge in [0.2, 0.25) is 5.91 Å². The zero-order valence-corrected chi connectivity index (χ0v) is 27.3. The van der Waals surface area contributed by atoms with E-state index >= 15 is 0 Å². The van der Waals surface area contributed by atoms with Crippen molar-refractivity contribution in [2.24, 2.45) is 5.92 Å². The fraction of sp³-hybridized carbons (Fsp3) is 0.960. The van der Waals surface area contributed by atoms with Gasteiger partial charge in [0.15, 0.2) is 24.9 Å². The molecular formula is C25H55NO3Si3. The summed E-state index contributed by atoms with van der Waals surface area (Å²) in [5.74, 6) is 0.377. The summed E-state index contributed by atoms with van der Waals surface area (Å²) >= 11 is 0. The number of hydrogen-bond donors (Lipinski definition) is 0. The molecule has 3 atom stereocenters. The molecule has 1 rings (SSSR count). The lowest BCUT2D eigenvalue weighted by molar-refractivity contribution is -0.155. The summed E-state index contributed by atoms with van der Waals surface area (Å²) in [7, 11) is -6.00. The van der Waals surface area contributed by atoms with E-state index < -0.39 is 24.9 Å². The Bertz CT molecular complexity index is 669. The van der Waals surface area contributed by atoms with E-state index in [9.17, 15) is 4.79 Å². The molecule has 1 amide bonds. The van der Waals surface area contributed by atoms with Crippen LogP contribution in [0.2, 0.25) is 54.4 Å². The second-order valence-corrected chi connectivity index (χ2v) is 29.2. The summed E-state index contributed by atoms with van der Waals surface area (Å²) in [6.45, 7) is 37.3. The van der Waals surface area contributed by atoms with Crippen LogP contribution in [0.5, 0.6) is 0 Å². The van der Waals surface area contributed by atoms with Crippen LogP contribution in [0.15, 0.2) is 0 Å². The Morgan fingerprint density at radius 2 is 1.25 bits per heavy atom. The zero-order valence-electron chi connectivity index (χ0n) is 24.3. The van der Waals surface area contributed by atoms with E-state index in [0.717, 1.165) is 6.42 Å². The van der Waals surface area contributed by atoms with Crippen LogP contribution < -0.4 is 0 Å². The Labute approximate surface area is 203 Å². The van der Waals surface area contributed by atoms with Crippen molar-refractivity contribution in [3.8, 4) is 0 Å². The molecule has 0 bridgehead atoms. The lowest BCUT2D eigenvalue weighted by Crippen LogP contribution is -2.76. The molecule has 1 fully saturated rings. The van der Waals surface area contributed by atoms with Crippen LogP contribution in [0.4, 0.5) is 0 Å². The standard InChI is InChI=1S/C25H55NO3Si3/c1-17-19-21(26(22(19)27)30(11,12)23(2,3)4)20(29-32(15,16)25(8,9)10)18-28-31(13,14)24(5,6)7/h19-21H,17-18H2,1-16H3/t19-,20-,21+/m1/s1. The number of amides is 1. The third-order valence-electron chi connectivity index (χ3n) is 9.19. The third kappa shape index (κ3) is 5.81. The van der Waals surface area contributed by atoms with E-state index in [2.05, 4.69) is 113 Å². The van der Waals surface area contributed by atoms with Crippen molar-refractivity contribution >= 4 is 30.8 Å². The fourth-order valence-electron chi connectivity index (χ4n) is 3.68. The molecular weight excluding hydrogens is 447 g/mol. The molecule has 0 aliphatic carbocycles. The molecule has 0 aromatic heterocycles. The predicted molar refractivity (Wildman–Crippen MR) is 147 cm³/mol. The van der Waals surface area contributed by atoms with Crippen molar-refractivity contribution in [2.75, 3.05) is 6.61 Å². The molecule has 1 aliphatic heterocycles. The van der Waals surface area contributed by atoms with Gasteiger partial charge in [-0.3, -0.25) is 4.79 Å². The van der Waals surface area contributed by atoms with Crippen molar-refractivity contribution < 1.29 is 13.6 Å². The smallest absolute Gasteiger partial charge is 0.220 e. The Hall–Kier alpha value is 0.0406. The number of rotatable bonds is 8. The van der Waals surface area contributed by atoms with Crippen molar-refractivity contribution in [3.63, 3.8) is 0 Å². The molecule has 1 aliphatic rings. The van der Waals surface area contributed by atoms with Gasteiger partial charge in [0.1, 0.15) is 0 Å². The van der Waals surface area contributed by atoms with Gasteiger partial charge < -0.3 is 13.4 Å². The van der Waals surface area contributed by atoms with E-state index in [-0.39, 0.29) is 33.2 Å². The van der Waals surface area contributed by atoms with Gasteiger partial charge in [0, 0.05) is 0 Å². The summed E-state index contributed by atoms with van der Waals surface area (Å²) in [4.78, 5) is 13.4. The predicted octanol–water partition coefficient (Wildman–Crippen LogP) is 7.64. The molecule has 1 heterocycles. The minimum atomic E-state index is -2.04. The van der Waals surface area contributed by atoms with E-state index in [1.165, 1.54) is 0 Å². The second kappa shape index (κ2) is 9.25. The fourth-order valence-corrected chi connectivity index (χ4v) is 8.55. The third-order valence-corrected chi connectivity index (χ3v) is 23.6. The average Bonchev–Trinajstić information content (AvgIpc) is 2.53. The van der Waals surface area contributed by atoms with Gasteiger partial charge in [-0.2, -0.15) is 0 Å². The first-order valence-electron chi connectivity index (χ1n) is 12.6. The van der Waals surface area contributed by atoms with Crippen molar-refractivity contribution in [2.45, 2.75) is 142 Å². The molecule has 0 saturated carbocycles. The maximum absolute atomic E-state index is 13.4. The van der Waals surface area contributed by atoms with Gasteiger partial charge in [0.05, 0.1) is 24.7 Å². The highest BCUT2D eigenvalue weighted by atomic mass is 28.4. The maximum Gasteiger partial charge on any atom is 0.220 e. The Balaban J connectivity index is 3.44. The number of hydrogen-bond acceptors (Lipinski definition) is 3. The summed E-state index contributed by atoms with van der Waals surface area (Å²) in [6.07, 6.45) is 0.799. The Morgan fingerprint density at radius 1 is 0.812 bits per heavy atom. The van der Waals surface area contributed by atoms with E-state index in [1.54, 1.807) is 0 Å². The van der Waals surface area contributed by atoms with Gasteiger partial charge in [-0.25, -0.2) is 0 Å². The number of nitrogens with zero attached hydrogens (tertiary/aromatic N) is 1. The number of carbonyl (C=O) groups excluding carboxylic acids is 1. The Morgan fingerprint density at radius 3 is 1.59 bits per heavy atom. The van der Waals surface area contributed by atoms with Gasteiger partial charge in [-0.05, 0) is 47.7 Å². The van der Waals surface area contributed by atoms with E-state index in [4.69, 9.17) is 8.85 Å². The van der Waals surface area contributed by atoms with Crippen LogP contribution in [0.3, 0.4) is 0 Å². The molecule has 0 radical (unpaired) electrons. The summed E-state index contributed by atoms with van der Waals surface area (Å²) < 4.78 is 16.1. The van der Waals surface area contributed by atoms with Crippen LogP contribution in [0.25, 0.3) is 0 Å². The SMILES string of the molecule is CC[C@H]1C(=O)N([Si](C)(C)C(C)(C)C)[C@@H]1[C@@H](CO[Si](C)(C)C(C)(C)C)O[Si](C)(C)C(C)(C)C. The lowest BCUT2D eigenvalue weighted by Gasteiger charge is -2.61. The normalized spacial score (nSPS) is 22.8. The average molecular weight is 502 g/mol. The van der Waals surface area contributed by atoms with Gasteiger partial charge >= 0.3 is 0 Å². The molecule has 0 aromatic carbocycles. The van der Waals surface area contributed by atoms with Gasteiger partial charge in [0.25, 0.3) is 0 Å². The highest BCUT2D eigenvalue weighted by Gasteiger charge is 2.60. The highest BCUT2D eigenvalue weighted by Crippen LogP contribution is 2.48. The second-order valence-electron chi connectivity index (χ2n) is 14.5. The Kier molecular flexibility index (Phi) is 8.69. The highest BCUT2D eigenvalue weighted by molar-refractivity contribution is 6.80. The molecule has 7 heteroatoms. The number of carbonyl (C=O) groups is 1. The first-order chi connectivity index (χ1) is 13.9. The topological polar surface area (TPSA) is 38.8 Å². The molecule has 1 saturated heterocycles. The summed E-state index contributed by atoms with van der Waals surface area (Å²) in [5, 5.41) is 0.355. The molecule has 0 spiro atoms. The maximum atomic E-state index is 13.4. The minimum Gasteiger partial charge on any atom is -0.414 e. The number of β-lactam (4-membered cyclic amide) rings is 1. The first kappa shape index (κ1) is 30.1. The van der Waals surface area contributed by atoms with Gasteiger partial charge in [-0.15, -0.1) is 0 Å². The summed E-state index contributed by atoms with van der Waals surface area (Å²) in [5.41, 5.74) is 0. The zero-order chi connectivity index (χ0) is 25.7. The molecule has 0 unspecified atom stereocenters. The van der Waals surface area contributed by atoms with Crippen molar-refractivity contribution in [1.29, 1.82) is 0 Å². The van der Waals surface area contributed by atoms with Crippen molar-refractivity contribution in [3.05, 3.63) is 0 Å². The van der Waals surface area contributed by atoms with E-state index in [0.29, 0.717) is 12.5 Å². The van der Waals surface area contributed by atoms with Crippen LogP contribution in [-0.2, 0) is 13.6 Å². The molecule has 32 heavy (non-hydrogen) atoms. The monoisotopic (exact) mass is 501 g/mol. The van der Waals surface area contributed by atoms with Crippen LogP contribution >= 0.6 is 0 Å². The first-order valence-corrected chi connectivity index (χ1v) is 21.3. The lowest BCUT2D eigenvalue weighted by atomic mass is 9.84. The van der Waals surface area contributed by atoms with Crippen molar-refractivity contribution in [1.82, 2.24) is 4.57 Å². The summed E-state index contributed by atoms with van der Waals surface area (Å²) in [6, 6.07) is 0.118. The van der Waals surface area contributed by atoms with Crippen LogP contribution in [0.1, 0.15) is 75.7 Å². The quantitative estimate of drug-likeness (QED) is 0.253. The minimum absolute atomic E-state index is 0.0434. The van der Waals surface area contributed by atoms with Crippen LogP contribution in [0, 0.1) is 5.92 Å².